The minimum atomic E-state index is -0.330. The molecule has 0 aliphatic heterocycles. The Morgan fingerprint density at radius 1 is 1.10 bits per heavy atom. The monoisotopic (exact) mass is 278 g/mol. The van der Waals surface area contributed by atoms with Crippen molar-refractivity contribution in [3.05, 3.63) is 70.9 Å². The molecule has 102 valence electrons. The number of hydrogen-bond donors (Lipinski definition) is 0. The van der Waals surface area contributed by atoms with Crippen LogP contribution in [0, 0.1) is 11.8 Å². The number of allylic oxidation sites excluding steroid dienone is 12. The van der Waals surface area contributed by atoms with Gasteiger partial charge in [0.2, 0.25) is 0 Å². The van der Waals surface area contributed by atoms with Gasteiger partial charge in [0.05, 0.1) is 0 Å². The number of hydrogen-bond acceptors (Lipinski definition) is 0. The average molecular weight is 278 g/mol. The summed E-state index contributed by atoms with van der Waals surface area (Å²) in [6.07, 6.45) is 19.4. The Labute approximate surface area is 123 Å². The maximum atomic E-state index is 2.61. The van der Waals surface area contributed by atoms with Crippen molar-refractivity contribution in [2.75, 3.05) is 0 Å². The Balaban J connectivity index is 2.13. The maximum absolute atomic E-state index is 2.61. The van der Waals surface area contributed by atoms with E-state index in [1.54, 1.807) is 11.1 Å². The van der Waals surface area contributed by atoms with Gasteiger partial charge in [0, 0.05) is 11.8 Å². The van der Waals surface area contributed by atoms with Crippen LogP contribution in [0.2, 0.25) is 13.1 Å². The van der Waals surface area contributed by atoms with E-state index in [0.717, 1.165) is 6.42 Å². The van der Waals surface area contributed by atoms with Gasteiger partial charge in [-0.1, -0.05) is 67.4 Å². The summed E-state index contributed by atoms with van der Waals surface area (Å²) in [7, 11) is -0.330. The normalized spacial score (nSPS) is 24.6. The van der Waals surface area contributed by atoms with E-state index < -0.39 is 0 Å². The van der Waals surface area contributed by atoms with E-state index >= 15 is 0 Å². The highest BCUT2D eigenvalue weighted by Gasteiger charge is 2.28. The fourth-order valence-electron chi connectivity index (χ4n) is 3.44. The first-order valence-corrected chi connectivity index (χ1v) is 10.0. The highest BCUT2D eigenvalue weighted by atomic mass is 28.2. The molecule has 3 rings (SSSR count). The summed E-state index contributed by atoms with van der Waals surface area (Å²) in [4.78, 5) is 0. The van der Waals surface area contributed by atoms with Gasteiger partial charge in [-0.3, -0.25) is 0 Å². The predicted molar refractivity (Wildman–Crippen MR) is 91.4 cm³/mol. The smallest absolute Gasteiger partial charge is 0.0210 e. The van der Waals surface area contributed by atoms with Crippen LogP contribution in [0.1, 0.15) is 13.3 Å². The fourth-order valence-corrected chi connectivity index (χ4v) is 4.55. The van der Waals surface area contributed by atoms with Crippen molar-refractivity contribution in [2.45, 2.75) is 26.4 Å². The Bertz CT molecular complexity index is 617. The van der Waals surface area contributed by atoms with Crippen molar-refractivity contribution >= 4 is 14.1 Å². The molecule has 1 atom stereocenters. The van der Waals surface area contributed by atoms with Gasteiger partial charge in [-0.25, -0.2) is 0 Å². The van der Waals surface area contributed by atoms with Gasteiger partial charge < -0.3 is 0 Å². The van der Waals surface area contributed by atoms with Crippen LogP contribution >= 0.6 is 0 Å². The molecule has 0 aromatic rings. The van der Waals surface area contributed by atoms with Gasteiger partial charge in [0.25, 0.3) is 0 Å². The second kappa shape index (κ2) is 5.49. The lowest BCUT2D eigenvalue weighted by Crippen LogP contribution is -2.13. The first kappa shape index (κ1) is 13.5. The largest absolute Gasteiger partial charge is 0.0963 e. The molecule has 0 fully saturated rings. The van der Waals surface area contributed by atoms with Crippen molar-refractivity contribution in [1.82, 2.24) is 0 Å². The third-order valence-electron chi connectivity index (χ3n) is 4.19. The van der Waals surface area contributed by atoms with Crippen molar-refractivity contribution < 1.29 is 0 Å². The van der Waals surface area contributed by atoms with Gasteiger partial charge >= 0.3 is 0 Å². The zero-order chi connectivity index (χ0) is 14.1. The van der Waals surface area contributed by atoms with E-state index in [-0.39, 0.29) is 8.41 Å². The third kappa shape index (κ3) is 2.43. The Kier molecular flexibility index (Phi) is 3.71. The van der Waals surface area contributed by atoms with E-state index in [1.165, 1.54) is 11.1 Å². The van der Waals surface area contributed by atoms with Gasteiger partial charge in [-0.15, -0.1) is 0 Å². The second-order valence-corrected chi connectivity index (χ2v) is 8.57. The molecule has 1 unspecified atom stereocenters. The Hall–Kier alpha value is -1.47. The van der Waals surface area contributed by atoms with E-state index in [1.807, 2.05) is 0 Å². The summed E-state index contributed by atoms with van der Waals surface area (Å²) in [6, 6.07) is 0. The molecule has 0 heterocycles. The SMILES string of the molecule is CC1=CC2=CC=CCC(C=[Si](C)C)C2=C1C1C=CC=C1. The van der Waals surface area contributed by atoms with Gasteiger partial charge in [-0.2, -0.15) is 0 Å². The molecular weight excluding hydrogens is 256 g/mol. The van der Waals surface area contributed by atoms with E-state index in [4.69, 9.17) is 0 Å². The lowest BCUT2D eigenvalue weighted by molar-refractivity contribution is 0.835. The third-order valence-corrected chi connectivity index (χ3v) is 5.26. The first-order chi connectivity index (χ1) is 9.66. The molecule has 3 aliphatic rings. The second-order valence-electron chi connectivity index (χ2n) is 6.09. The van der Waals surface area contributed by atoms with Crippen molar-refractivity contribution in [3.63, 3.8) is 0 Å². The molecule has 20 heavy (non-hydrogen) atoms. The summed E-state index contributed by atoms with van der Waals surface area (Å²) in [5.74, 6) is 1.07. The lowest BCUT2D eigenvalue weighted by atomic mass is 9.86. The van der Waals surface area contributed by atoms with Gasteiger partial charge in [0.1, 0.15) is 0 Å². The van der Waals surface area contributed by atoms with Crippen LogP contribution in [0.25, 0.3) is 0 Å². The molecule has 0 amide bonds. The molecule has 1 heteroatoms. The van der Waals surface area contributed by atoms with E-state index in [2.05, 4.69) is 74.3 Å². The first-order valence-electron chi connectivity index (χ1n) is 7.47. The highest BCUT2D eigenvalue weighted by Crippen LogP contribution is 2.42. The molecule has 3 aliphatic carbocycles. The minimum absolute atomic E-state index is 0.330. The molecular formula is C19H22Si. The molecule has 0 aromatic carbocycles. The van der Waals surface area contributed by atoms with Crippen molar-refractivity contribution in [2.24, 2.45) is 11.8 Å². The summed E-state index contributed by atoms with van der Waals surface area (Å²) < 4.78 is 0. The molecule has 0 spiro atoms. The average Bonchev–Trinajstić information content (AvgIpc) is 2.96. The van der Waals surface area contributed by atoms with E-state index in [9.17, 15) is 0 Å². The van der Waals surface area contributed by atoms with Crippen LogP contribution in [0.15, 0.2) is 70.9 Å². The zero-order valence-corrected chi connectivity index (χ0v) is 13.6. The summed E-state index contributed by atoms with van der Waals surface area (Å²) in [5.41, 5.74) is 8.62. The van der Waals surface area contributed by atoms with Crippen LogP contribution in [0.4, 0.5) is 0 Å². The van der Waals surface area contributed by atoms with E-state index in [0.29, 0.717) is 11.8 Å². The van der Waals surface area contributed by atoms with Crippen molar-refractivity contribution in [1.29, 1.82) is 0 Å². The Morgan fingerprint density at radius 2 is 1.85 bits per heavy atom. The summed E-state index contributed by atoms with van der Waals surface area (Å²) in [6.45, 7) is 7.03. The molecule has 0 aromatic heterocycles. The predicted octanol–water partition coefficient (Wildman–Crippen LogP) is 4.63. The molecule has 0 N–H and O–H groups in total. The molecule has 0 radical (unpaired) electrons. The maximum Gasteiger partial charge on any atom is 0.0210 e. The van der Waals surface area contributed by atoms with Crippen LogP contribution in [0.3, 0.4) is 0 Å². The van der Waals surface area contributed by atoms with Crippen LogP contribution in [-0.4, -0.2) is 14.1 Å². The highest BCUT2D eigenvalue weighted by molar-refractivity contribution is 6.64. The van der Waals surface area contributed by atoms with Crippen LogP contribution in [0.5, 0.6) is 0 Å². The molecule has 0 bridgehead atoms. The Morgan fingerprint density at radius 3 is 2.55 bits per heavy atom. The molecule has 0 saturated carbocycles. The quantitative estimate of drug-likeness (QED) is 0.646. The number of rotatable bonds is 2. The van der Waals surface area contributed by atoms with Crippen LogP contribution < -0.4 is 0 Å². The van der Waals surface area contributed by atoms with Crippen LogP contribution in [-0.2, 0) is 0 Å². The zero-order valence-electron chi connectivity index (χ0n) is 12.6. The fraction of sp³-hybridized carbons (Fsp3) is 0.316. The number of fused-ring (bicyclic) bond motifs is 1. The van der Waals surface area contributed by atoms with Crippen molar-refractivity contribution in [3.8, 4) is 0 Å². The standard InChI is InChI=1S/C19H22Si/c1-14-12-16-10-6-7-11-17(13-20(2)3)19(16)18(14)15-8-4-5-9-15/h4-10,12-13,15,17H,11H2,1-3H3. The summed E-state index contributed by atoms with van der Waals surface area (Å²) >= 11 is 0. The lowest BCUT2D eigenvalue weighted by Gasteiger charge is -2.20. The molecule has 0 saturated heterocycles. The molecule has 0 nitrogen and oxygen atoms in total. The van der Waals surface area contributed by atoms with Gasteiger partial charge in [-0.05, 0) is 44.0 Å². The topological polar surface area (TPSA) is 0 Å². The summed E-state index contributed by atoms with van der Waals surface area (Å²) in [5, 5.41) is 0. The van der Waals surface area contributed by atoms with Gasteiger partial charge in [0.15, 0.2) is 0 Å². The minimum Gasteiger partial charge on any atom is -0.0963 e.